The van der Waals surface area contributed by atoms with Crippen LogP contribution in [0.5, 0.6) is 0 Å². The number of rotatable bonds is 4. The number of fused-ring (bicyclic) bond motifs is 1. The van der Waals surface area contributed by atoms with Crippen LogP contribution >= 0.6 is 0 Å². The Labute approximate surface area is 97.6 Å². The Morgan fingerprint density at radius 1 is 1.56 bits per heavy atom. The number of nitrogens with one attached hydrogen (secondary N) is 1. The van der Waals surface area contributed by atoms with Gasteiger partial charge in [-0.1, -0.05) is 6.92 Å². The first-order chi connectivity index (χ1) is 7.65. The van der Waals surface area contributed by atoms with E-state index < -0.39 is 0 Å². The number of nitrogens with zero attached hydrogens (tertiary/aromatic N) is 1. The topological polar surface area (TPSA) is 58.4 Å². The number of amides is 1. The third-order valence-corrected chi connectivity index (χ3v) is 4.07. The third-order valence-electron chi connectivity index (χ3n) is 4.07. The van der Waals surface area contributed by atoms with Gasteiger partial charge >= 0.3 is 0 Å². The quantitative estimate of drug-likeness (QED) is 0.731. The molecule has 0 saturated carbocycles. The zero-order chi connectivity index (χ0) is 11.6. The van der Waals surface area contributed by atoms with Crippen LogP contribution in [0.4, 0.5) is 0 Å². The van der Waals surface area contributed by atoms with Gasteiger partial charge < -0.3 is 16.0 Å². The van der Waals surface area contributed by atoms with Crippen LogP contribution in [0, 0.1) is 0 Å². The van der Waals surface area contributed by atoms with Crippen molar-refractivity contribution in [3.05, 3.63) is 0 Å². The van der Waals surface area contributed by atoms with Crippen molar-refractivity contribution in [3.8, 4) is 0 Å². The number of carbonyl (C=O) groups excluding carboxylic acids is 1. The molecule has 0 radical (unpaired) electrons. The number of piperidine rings is 1. The second-order valence-electron chi connectivity index (χ2n) is 5.24. The fourth-order valence-corrected chi connectivity index (χ4v) is 3.42. The molecule has 0 aromatic carbocycles. The van der Waals surface area contributed by atoms with Crippen molar-refractivity contribution >= 4 is 5.91 Å². The van der Waals surface area contributed by atoms with Crippen LogP contribution in [-0.2, 0) is 4.79 Å². The molecule has 2 fully saturated rings. The number of hydrogen-bond donors (Lipinski definition) is 2. The lowest BCUT2D eigenvalue weighted by Crippen LogP contribution is -2.57. The fraction of sp³-hybridized carbons (Fsp3) is 0.917. The van der Waals surface area contributed by atoms with Crippen LogP contribution in [0.25, 0.3) is 0 Å². The van der Waals surface area contributed by atoms with Crippen LogP contribution in [-0.4, -0.2) is 42.0 Å². The molecule has 0 aromatic rings. The van der Waals surface area contributed by atoms with E-state index >= 15 is 0 Å². The van der Waals surface area contributed by atoms with Gasteiger partial charge in [-0.2, -0.15) is 0 Å². The lowest BCUT2D eigenvalue weighted by Gasteiger charge is -2.44. The van der Waals surface area contributed by atoms with E-state index in [0.717, 1.165) is 25.9 Å². The zero-order valence-corrected chi connectivity index (χ0v) is 10.2. The average molecular weight is 225 g/mol. The molecule has 92 valence electrons. The molecule has 0 spiro atoms. The van der Waals surface area contributed by atoms with E-state index in [-0.39, 0.29) is 11.4 Å². The summed E-state index contributed by atoms with van der Waals surface area (Å²) in [6.07, 6.45) is 5.23. The first kappa shape index (κ1) is 11.9. The van der Waals surface area contributed by atoms with Crippen LogP contribution in [0.1, 0.15) is 39.0 Å². The molecule has 0 aliphatic carbocycles. The monoisotopic (exact) mass is 225 g/mol. The molecule has 2 aliphatic heterocycles. The van der Waals surface area contributed by atoms with Gasteiger partial charge in [0.2, 0.25) is 5.91 Å². The normalized spacial score (nSPS) is 34.9. The standard InChI is InChI=1S/C12H23N3O/c1-2-14-12(9-11(13)16)5-7-15-6-3-4-10(15)8-12/h10,14H,2-9H2,1H3,(H2,13,16). The van der Waals surface area contributed by atoms with Gasteiger partial charge in [0, 0.05) is 24.5 Å². The Kier molecular flexibility index (Phi) is 3.50. The Bertz CT molecular complexity index is 269. The van der Waals surface area contributed by atoms with Gasteiger partial charge in [-0.25, -0.2) is 0 Å². The number of carbonyl (C=O) groups is 1. The van der Waals surface area contributed by atoms with E-state index in [0.29, 0.717) is 12.5 Å². The summed E-state index contributed by atoms with van der Waals surface area (Å²) in [5.41, 5.74) is 5.36. The minimum atomic E-state index is -0.174. The summed E-state index contributed by atoms with van der Waals surface area (Å²) in [7, 11) is 0. The van der Waals surface area contributed by atoms with Crippen molar-refractivity contribution in [1.29, 1.82) is 0 Å². The second kappa shape index (κ2) is 4.72. The van der Waals surface area contributed by atoms with Crippen molar-refractivity contribution < 1.29 is 4.79 Å². The van der Waals surface area contributed by atoms with E-state index in [1.54, 1.807) is 0 Å². The molecule has 2 unspecified atom stereocenters. The molecule has 0 aromatic heterocycles. The molecule has 2 atom stereocenters. The first-order valence-corrected chi connectivity index (χ1v) is 6.42. The van der Waals surface area contributed by atoms with Crippen LogP contribution in [0.3, 0.4) is 0 Å². The smallest absolute Gasteiger partial charge is 0.219 e. The second-order valence-corrected chi connectivity index (χ2v) is 5.24. The first-order valence-electron chi connectivity index (χ1n) is 6.42. The molecule has 4 nitrogen and oxygen atoms in total. The van der Waals surface area contributed by atoms with Gasteiger partial charge in [0.15, 0.2) is 0 Å². The van der Waals surface area contributed by atoms with Crippen molar-refractivity contribution in [3.63, 3.8) is 0 Å². The third kappa shape index (κ3) is 2.38. The summed E-state index contributed by atoms with van der Waals surface area (Å²) in [6, 6.07) is 0.673. The summed E-state index contributed by atoms with van der Waals surface area (Å²) in [4.78, 5) is 13.8. The van der Waals surface area contributed by atoms with Gasteiger partial charge in [0.25, 0.3) is 0 Å². The number of hydrogen-bond acceptors (Lipinski definition) is 3. The maximum absolute atomic E-state index is 11.2. The Hall–Kier alpha value is -0.610. The molecular weight excluding hydrogens is 202 g/mol. The van der Waals surface area contributed by atoms with Gasteiger partial charge in [-0.3, -0.25) is 4.79 Å². The van der Waals surface area contributed by atoms with Gasteiger partial charge in [0.1, 0.15) is 0 Å². The summed E-state index contributed by atoms with van der Waals surface area (Å²) >= 11 is 0. The Balaban J connectivity index is 2.04. The Morgan fingerprint density at radius 3 is 3.06 bits per heavy atom. The van der Waals surface area contributed by atoms with Gasteiger partial charge in [-0.15, -0.1) is 0 Å². The highest BCUT2D eigenvalue weighted by atomic mass is 16.1. The van der Waals surface area contributed by atoms with Crippen molar-refractivity contribution in [1.82, 2.24) is 10.2 Å². The summed E-state index contributed by atoms with van der Waals surface area (Å²) in [5.74, 6) is -0.174. The van der Waals surface area contributed by atoms with E-state index in [1.807, 2.05) is 0 Å². The van der Waals surface area contributed by atoms with Crippen molar-refractivity contribution in [2.45, 2.75) is 50.6 Å². The molecule has 3 N–H and O–H groups in total. The molecule has 16 heavy (non-hydrogen) atoms. The molecule has 2 heterocycles. The van der Waals surface area contributed by atoms with E-state index in [9.17, 15) is 4.79 Å². The van der Waals surface area contributed by atoms with Crippen LogP contribution < -0.4 is 11.1 Å². The molecule has 2 saturated heterocycles. The summed E-state index contributed by atoms with van der Waals surface area (Å²) < 4.78 is 0. The molecular formula is C12H23N3O. The SMILES string of the molecule is CCNC1(CC(N)=O)CCN2CCCC2C1. The summed E-state index contributed by atoms with van der Waals surface area (Å²) in [5, 5.41) is 3.51. The Morgan fingerprint density at radius 2 is 2.38 bits per heavy atom. The number of primary amides is 1. The summed E-state index contributed by atoms with van der Waals surface area (Å²) in [6.45, 7) is 5.37. The highest BCUT2D eigenvalue weighted by molar-refractivity contribution is 5.75. The fourth-order valence-electron chi connectivity index (χ4n) is 3.42. The highest BCUT2D eigenvalue weighted by Gasteiger charge is 2.41. The lowest BCUT2D eigenvalue weighted by molar-refractivity contribution is -0.120. The predicted molar refractivity (Wildman–Crippen MR) is 64.0 cm³/mol. The van der Waals surface area contributed by atoms with Gasteiger partial charge in [0.05, 0.1) is 0 Å². The average Bonchev–Trinajstić information content (AvgIpc) is 2.63. The molecule has 4 heteroatoms. The van der Waals surface area contributed by atoms with Crippen LogP contribution in [0.15, 0.2) is 0 Å². The maximum Gasteiger partial charge on any atom is 0.219 e. The lowest BCUT2D eigenvalue weighted by atomic mass is 9.80. The molecule has 1 amide bonds. The maximum atomic E-state index is 11.2. The minimum Gasteiger partial charge on any atom is -0.370 e. The minimum absolute atomic E-state index is 0.0217. The van der Waals surface area contributed by atoms with E-state index in [2.05, 4.69) is 17.1 Å². The van der Waals surface area contributed by atoms with E-state index in [4.69, 9.17) is 5.73 Å². The van der Waals surface area contributed by atoms with Gasteiger partial charge in [-0.05, 0) is 38.8 Å². The van der Waals surface area contributed by atoms with Crippen LogP contribution in [0.2, 0.25) is 0 Å². The molecule has 2 rings (SSSR count). The highest BCUT2D eigenvalue weighted by Crippen LogP contribution is 2.34. The zero-order valence-electron chi connectivity index (χ0n) is 10.2. The molecule has 0 bridgehead atoms. The molecule has 2 aliphatic rings. The van der Waals surface area contributed by atoms with Crippen molar-refractivity contribution in [2.24, 2.45) is 5.73 Å². The predicted octanol–water partition coefficient (Wildman–Crippen LogP) is 0.468. The number of nitrogens with two attached hydrogens (primary N) is 1. The van der Waals surface area contributed by atoms with E-state index in [1.165, 1.54) is 19.4 Å². The van der Waals surface area contributed by atoms with Crippen molar-refractivity contribution in [2.75, 3.05) is 19.6 Å². The largest absolute Gasteiger partial charge is 0.370 e.